The van der Waals surface area contributed by atoms with Crippen LogP contribution in [-0.2, 0) is 4.79 Å². The predicted octanol–water partition coefficient (Wildman–Crippen LogP) is 4.47. The maximum Gasteiger partial charge on any atom is 0.248 e. The van der Waals surface area contributed by atoms with Crippen molar-refractivity contribution in [1.82, 2.24) is 0 Å². The van der Waals surface area contributed by atoms with E-state index < -0.39 is 0 Å². The first-order valence-corrected chi connectivity index (χ1v) is 7.31. The van der Waals surface area contributed by atoms with E-state index in [9.17, 15) is 4.79 Å². The fourth-order valence-electron chi connectivity index (χ4n) is 2.02. The van der Waals surface area contributed by atoms with E-state index in [1.54, 1.807) is 7.11 Å². The third-order valence-corrected chi connectivity index (χ3v) is 3.39. The fourth-order valence-corrected chi connectivity index (χ4v) is 2.02. The largest absolute Gasteiger partial charge is 0.497 e. The molecule has 1 amide bonds. The van der Waals surface area contributed by atoms with Crippen LogP contribution < -0.4 is 10.1 Å². The van der Waals surface area contributed by atoms with Crippen LogP contribution in [0.1, 0.15) is 30.9 Å². The molecular weight excluding hydrogens is 274 g/mol. The maximum absolute atomic E-state index is 11.9. The highest BCUT2D eigenvalue weighted by molar-refractivity contribution is 6.01. The number of anilines is 1. The summed E-state index contributed by atoms with van der Waals surface area (Å²) in [5, 5.41) is 2.81. The molecule has 0 aliphatic heterocycles. The number of hydrogen-bond donors (Lipinski definition) is 1. The second kappa shape index (κ2) is 7.46. The number of nitrogens with one attached hydrogen (secondary N) is 1. The van der Waals surface area contributed by atoms with E-state index in [0.717, 1.165) is 17.0 Å². The lowest BCUT2D eigenvalue weighted by Crippen LogP contribution is -2.07. The van der Waals surface area contributed by atoms with E-state index >= 15 is 0 Å². The lowest BCUT2D eigenvalue weighted by atomic mass is 10.0. The minimum Gasteiger partial charge on any atom is -0.497 e. The van der Waals surface area contributed by atoms with Crippen LogP contribution in [-0.4, -0.2) is 13.0 Å². The van der Waals surface area contributed by atoms with Crippen LogP contribution in [0, 0.1) is 0 Å². The van der Waals surface area contributed by atoms with E-state index in [4.69, 9.17) is 4.74 Å². The molecule has 2 aromatic rings. The molecule has 0 saturated heterocycles. The van der Waals surface area contributed by atoms with Crippen LogP contribution in [0.25, 0.3) is 6.08 Å². The lowest BCUT2D eigenvalue weighted by molar-refractivity contribution is -0.111. The van der Waals surface area contributed by atoms with Gasteiger partial charge in [0.15, 0.2) is 0 Å². The highest BCUT2D eigenvalue weighted by Crippen LogP contribution is 2.16. The molecule has 0 aromatic heterocycles. The van der Waals surface area contributed by atoms with Gasteiger partial charge in [-0.3, -0.25) is 4.79 Å². The molecule has 0 saturated carbocycles. The van der Waals surface area contributed by atoms with Gasteiger partial charge in [-0.15, -0.1) is 0 Å². The summed E-state index contributed by atoms with van der Waals surface area (Å²) >= 11 is 0. The van der Waals surface area contributed by atoms with Gasteiger partial charge in [0.1, 0.15) is 5.75 Å². The quantitative estimate of drug-likeness (QED) is 0.826. The van der Waals surface area contributed by atoms with Crippen LogP contribution in [0.2, 0.25) is 0 Å². The summed E-state index contributed by atoms with van der Waals surface area (Å²) in [6.45, 7) is 4.32. The molecule has 1 N–H and O–H groups in total. The SMILES string of the molecule is COc1ccc(NC(=O)C=Cc2ccc(C(C)C)cc2)cc1. The van der Waals surface area contributed by atoms with Gasteiger partial charge in [0.2, 0.25) is 5.91 Å². The van der Waals surface area contributed by atoms with Crippen LogP contribution in [0.3, 0.4) is 0 Å². The van der Waals surface area contributed by atoms with Gasteiger partial charge >= 0.3 is 0 Å². The van der Waals surface area contributed by atoms with Crippen molar-refractivity contribution < 1.29 is 9.53 Å². The van der Waals surface area contributed by atoms with E-state index in [2.05, 4.69) is 31.3 Å². The standard InChI is InChI=1S/C19H21NO2/c1-14(2)16-7-4-15(5-8-16)6-13-19(21)20-17-9-11-18(22-3)12-10-17/h4-14H,1-3H3,(H,20,21). The number of methoxy groups -OCH3 is 1. The Morgan fingerprint density at radius 1 is 1.05 bits per heavy atom. The maximum atomic E-state index is 11.9. The van der Waals surface area contributed by atoms with Gasteiger partial charge in [0, 0.05) is 11.8 Å². The summed E-state index contributed by atoms with van der Waals surface area (Å²) in [6.07, 6.45) is 3.34. The van der Waals surface area contributed by atoms with Gasteiger partial charge in [-0.05, 0) is 47.4 Å². The molecule has 3 nitrogen and oxygen atoms in total. The van der Waals surface area contributed by atoms with Gasteiger partial charge in [-0.25, -0.2) is 0 Å². The molecular formula is C19H21NO2. The number of ether oxygens (including phenoxy) is 1. The molecule has 0 atom stereocenters. The average Bonchev–Trinajstić information content (AvgIpc) is 2.54. The molecule has 114 valence electrons. The molecule has 2 aromatic carbocycles. The number of carbonyl (C=O) groups is 1. The minimum atomic E-state index is -0.155. The monoisotopic (exact) mass is 295 g/mol. The fraction of sp³-hybridized carbons (Fsp3) is 0.211. The first kappa shape index (κ1) is 15.8. The number of carbonyl (C=O) groups excluding carboxylic acids is 1. The van der Waals surface area contributed by atoms with Crippen molar-refractivity contribution in [3.05, 3.63) is 65.7 Å². The summed E-state index contributed by atoms with van der Waals surface area (Å²) in [5.74, 6) is 1.12. The van der Waals surface area contributed by atoms with Gasteiger partial charge in [0.05, 0.1) is 7.11 Å². The Bertz CT molecular complexity index is 640. The Hall–Kier alpha value is -2.55. The summed E-state index contributed by atoms with van der Waals surface area (Å²) in [6, 6.07) is 15.5. The number of amides is 1. The summed E-state index contributed by atoms with van der Waals surface area (Å²) in [4.78, 5) is 11.9. The van der Waals surface area contributed by atoms with Crippen molar-refractivity contribution in [3.63, 3.8) is 0 Å². The Morgan fingerprint density at radius 3 is 2.23 bits per heavy atom. The highest BCUT2D eigenvalue weighted by Gasteiger charge is 2.00. The normalized spacial score (nSPS) is 10.9. The zero-order valence-electron chi connectivity index (χ0n) is 13.2. The van der Waals surface area contributed by atoms with Crippen LogP contribution in [0.15, 0.2) is 54.6 Å². The smallest absolute Gasteiger partial charge is 0.248 e. The second-order valence-electron chi connectivity index (χ2n) is 5.37. The molecule has 22 heavy (non-hydrogen) atoms. The lowest BCUT2D eigenvalue weighted by Gasteiger charge is -2.05. The van der Waals surface area contributed by atoms with Crippen LogP contribution in [0.5, 0.6) is 5.75 Å². The summed E-state index contributed by atoms with van der Waals surface area (Å²) in [5.41, 5.74) is 3.04. The van der Waals surface area contributed by atoms with Crippen molar-refractivity contribution in [1.29, 1.82) is 0 Å². The van der Waals surface area contributed by atoms with Gasteiger partial charge in [-0.2, -0.15) is 0 Å². The molecule has 0 bridgehead atoms. The van der Waals surface area contributed by atoms with Crippen LogP contribution >= 0.6 is 0 Å². The number of rotatable bonds is 5. The summed E-state index contributed by atoms with van der Waals surface area (Å²) in [7, 11) is 1.61. The molecule has 3 heteroatoms. The molecule has 0 spiro atoms. The summed E-state index contributed by atoms with van der Waals surface area (Å²) < 4.78 is 5.08. The van der Waals surface area contributed by atoms with Gasteiger partial charge in [0.25, 0.3) is 0 Å². The van der Waals surface area contributed by atoms with E-state index in [-0.39, 0.29) is 5.91 Å². The molecule has 0 aliphatic carbocycles. The van der Waals surface area contributed by atoms with Gasteiger partial charge in [-0.1, -0.05) is 38.1 Å². The van der Waals surface area contributed by atoms with Crippen molar-refractivity contribution in [3.8, 4) is 5.75 Å². The highest BCUT2D eigenvalue weighted by atomic mass is 16.5. The van der Waals surface area contributed by atoms with Gasteiger partial charge < -0.3 is 10.1 Å². The van der Waals surface area contributed by atoms with Crippen molar-refractivity contribution in [2.75, 3.05) is 12.4 Å². The van der Waals surface area contributed by atoms with E-state index in [0.29, 0.717) is 5.92 Å². The Kier molecular flexibility index (Phi) is 5.37. The van der Waals surface area contributed by atoms with E-state index in [1.165, 1.54) is 11.6 Å². The number of hydrogen-bond acceptors (Lipinski definition) is 2. The Morgan fingerprint density at radius 2 is 1.68 bits per heavy atom. The van der Waals surface area contributed by atoms with Crippen LogP contribution in [0.4, 0.5) is 5.69 Å². The minimum absolute atomic E-state index is 0.155. The molecule has 0 heterocycles. The molecule has 0 unspecified atom stereocenters. The van der Waals surface area contributed by atoms with E-state index in [1.807, 2.05) is 42.5 Å². The second-order valence-corrected chi connectivity index (χ2v) is 5.37. The average molecular weight is 295 g/mol. The molecule has 0 aliphatic rings. The first-order valence-electron chi connectivity index (χ1n) is 7.31. The molecule has 2 rings (SSSR count). The molecule has 0 radical (unpaired) electrons. The topological polar surface area (TPSA) is 38.3 Å². The Balaban J connectivity index is 1.95. The zero-order chi connectivity index (χ0) is 15.9. The number of benzene rings is 2. The van der Waals surface area contributed by atoms with Crippen molar-refractivity contribution in [2.45, 2.75) is 19.8 Å². The zero-order valence-corrected chi connectivity index (χ0v) is 13.2. The third kappa shape index (κ3) is 4.48. The predicted molar refractivity (Wildman–Crippen MR) is 91.2 cm³/mol. The van der Waals surface area contributed by atoms with Crippen molar-refractivity contribution >= 4 is 17.7 Å². The molecule has 0 fully saturated rings. The van der Waals surface area contributed by atoms with Crippen molar-refractivity contribution in [2.24, 2.45) is 0 Å². The Labute approximate surface area is 131 Å². The first-order chi connectivity index (χ1) is 10.6. The third-order valence-electron chi connectivity index (χ3n) is 3.39.